The third-order valence-corrected chi connectivity index (χ3v) is 5.28. The van der Waals surface area contributed by atoms with Crippen LogP contribution in [0.25, 0.3) is 0 Å². The first-order valence-corrected chi connectivity index (χ1v) is 7.03. The molecule has 0 aromatic carbocycles. The van der Waals surface area contributed by atoms with Crippen molar-refractivity contribution in [3.8, 4) is 0 Å². The molecule has 102 valence electrons. The second-order valence-electron chi connectivity index (χ2n) is 6.27. The average molecular weight is 253 g/mol. The Bertz CT molecular complexity index is 347. The van der Waals surface area contributed by atoms with Crippen LogP contribution in [0.5, 0.6) is 0 Å². The van der Waals surface area contributed by atoms with E-state index >= 15 is 0 Å². The molecule has 2 saturated carbocycles. The Morgan fingerprint density at radius 2 is 2.00 bits per heavy atom. The van der Waals surface area contributed by atoms with Gasteiger partial charge < -0.3 is 10.6 Å². The van der Waals surface area contributed by atoms with Crippen LogP contribution in [0.2, 0.25) is 0 Å². The highest BCUT2D eigenvalue weighted by atomic mass is 16.6. The van der Waals surface area contributed by atoms with Crippen molar-refractivity contribution >= 4 is 5.91 Å². The molecule has 6 atom stereocenters. The van der Waals surface area contributed by atoms with Crippen LogP contribution in [0.4, 0.5) is 0 Å². The van der Waals surface area contributed by atoms with Gasteiger partial charge in [0.2, 0.25) is 5.91 Å². The van der Waals surface area contributed by atoms with Crippen LogP contribution in [-0.2, 0) is 9.63 Å². The minimum Gasteiger partial charge on any atom is -0.337 e. The van der Waals surface area contributed by atoms with Crippen LogP contribution in [0.1, 0.15) is 32.6 Å². The maximum absolute atomic E-state index is 12.7. The molecule has 1 amide bonds. The second-order valence-corrected chi connectivity index (χ2v) is 6.27. The van der Waals surface area contributed by atoms with Crippen LogP contribution in [0.3, 0.4) is 0 Å². The summed E-state index contributed by atoms with van der Waals surface area (Å²) in [5, 5.41) is 0. The monoisotopic (exact) mass is 253 g/mol. The van der Waals surface area contributed by atoms with E-state index in [4.69, 9.17) is 16.5 Å². The Hall–Kier alpha value is -0.650. The zero-order valence-electron chi connectivity index (χ0n) is 10.9. The summed E-state index contributed by atoms with van der Waals surface area (Å²) in [6.07, 6.45) is 4.35. The fourth-order valence-electron chi connectivity index (χ4n) is 4.28. The average Bonchev–Trinajstić information content (AvgIpc) is 3.02. The standard InChI is InChI=1S/C13H23N3O2/c1-7-4-10(18-15)6-16(7)13(17)11-8-2-3-9(5-8)12(11)14/h7-12H,2-6,14-15H2,1H3/t7-,8?,9?,10+,11?,12?/m1/s1. The molecule has 0 aromatic rings. The topological polar surface area (TPSA) is 81.6 Å². The highest BCUT2D eigenvalue weighted by molar-refractivity contribution is 5.81. The van der Waals surface area contributed by atoms with Crippen molar-refractivity contribution in [2.45, 2.75) is 50.8 Å². The Labute approximate surface area is 108 Å². The van der Waals surface area contributed by atoms with Crippen molar-refractivity contribution in [2.75, 3.05) is 6.54 Å². The number of amides is 1. The van der Waals surface area contributed by atoms with E-state index in [1.54, 1.807) is 0 Å². The number of hydrogen-bond donors (Lipinski definition) is 2. The smallest absolute Gasteiger partial charge is 0.227 e. The first-order chi connectivity index (χ1) is 8.61. The molecule has 3 rings (SSSR count). The molecule has 5 nitrogen and oxygen atoms in total. The summed E-state index contributed by atoms with van der Waals surface area (Å²) in [7, 11) is 0. The highest BCUT2D eigenvalue weighted by Gasteiger charge is 2.51. The maximum Gasteiger partial charge on any atom is 0.227 e. The SMILES string of the molecule is C[C@@H]1C[C@H](ON)CN1C(=O)C1C2CCC(C2)C1N. The van der Waals surface area contributed by atoms with Crippen molar-refractivity contribution in [3.63, 3.8) is 0 Å². The summed E-state index contributed by atoms with van der Waals surface area (Å²) in [6.45, 7) is 2.69. The van der Waals surface area contributed by atoms with E-state index in [-0.39, 0.29) is 30.0 Å². The Balaban J connectivity index is 1.71. The quantitative estimate of drug-likeness (QED) is 0.691. The van der Waals surface area contributed by atoms with Gasteiger partial charge in [-0.15, -0.1) is 0 Å². The van der Waals surface area contributed by atoms with Gasteiger partial charge in [0.15, 0.2) is 0 Å². The molecule has 1 heterocycles. The second kappa shape index (κ2) is 4.47. The van der Waals surface area contributed by atoms with Crippen LogP contribution in [-0.4, -0.2) is 35.5 Å². The summed E-state index contributed by atoms with van der Waals surface area (Å²) in [5.74, 6) is 6.61. The van der Waals surface area contributed by atoms with Crippen molar-refractivity contribution in [3.05, 3.63) is 0 Å². The van der Waals surface area contributed by atoms with Crippen molar-refractivity contribution in [1.82, 2.24) is 4.90 Å². The van der Waals surface area contributed by atoms with Gasteiger partial charge in [0.05, 0.1) is 12.0 Å². The van der Waals surface area contributed by atoms with E-state index in [9.17, 15) is 4.79 Å². The van der Waals surface area contributed by atoms with E-state index in [2.05, 4.69) is 6.92 Å². The Kier molecular flexibility index (Phi) is 3.08. The Morgan fingerprint density at radius 3 is 2.56 bits per heavy atom. The van der Waals surface area contributed by atoms with E-state index in [1.165, 1.54) is 12.8 Å². The fourth-order valence-corrected chi connectivity index (χ4v) is 4.28. The predicted octanol–water partition coefficient (Wildman–Crippen LogP) is 0.240. The third-order valence-electron chi connectivity index (χ3n) is 5.28. The molecule has 4 unspecified atom stereocenters. The van der Waals surface area contributed by atoms with Crippen LogP contribution >= 0.6 is 0 Å². The molecular formula is C13H23N3O2. The van der Waals surface area contributed by atoms with Gasteiger partial charge in [0.25, 0.3) is 0 Å². The van der Waals surface area contributed by atoms with Crippen LogP contribution in [0.15, 0.2) is 0 Å². The number of likely N-dealkylation sites (tertiary alicyclic amines) is 1. The van der Waals surface area contributed by atoms with Crippen molar-refractivity contribution in [1.29, 1.82) is 0 Å². The van der Waals surface area contributed by atoms with E-state index in [1.807, 2.05) is 4.90 Å². The first-order valence-electron chi connectivity index (χ1n) is 7.03. The molecule has 4 N–H and O–H groups in total. The molecule has 2 bridgehead atoms. The van der Waals surface area contributed by atoms with Gasteiger partial charge in [-0.05, 0) is 44.4 Å². The lowest BCUT2D eigenvalue weighted by molar-refractivity contribution is -0.138. The molecule has 0 aromatic heterocycles. The normalized spacial score (nSPS) is 46.9. The van der Waals surface area contributed by atoms with Crippen molar-refractivity contribution in [2.24, 2.45) is 29.4 Å². The predicted molar refractivity (Wildman–Crippen MR) is 67.1 cm³/mol. The number of nitrogens with two attached hydrogens (primary N) is 2. The summed E-state index contributed by atoms with van der Waals surface area (Å²) in [4.78, 5) is 19.5. The van der Waals surface area contributed by atoms with Gasteiger partial charge in [0.1, 0.15) is 0 Å². The number of hydrogen-bond acceptors (Lipinski definition) is 4. The number of carbonyl (C=O) groups excluding carboxylic acids is 1. The molecule has 3 aliphatic rings. The van der Waals surface area contributed by atoms with Gasteiger partial charge >= 0.3 is 0 Å². The number of nitrogens with zero attached hydrogens (tertiary/aromatic N) is 1. The van der Waals surface area contributed by atoms with Gasteiger partial charge in [-0.3, -0.25) is 9.63 Å². The summed E-state index contributed by atoms with van der Waals surface area (Å²) < 4.78 is 0. The minimum absolute atomic E-state index is 0.0150. The van der Waals surface area contributed by atoms with Crippen LogP contribution in [0, 0.1) is 17.8 Å². The van der Waals surface area contributed by atoms with Gasteiger partial charge in [-0.25, -0.2) is 5.90 Å². The fraction of sp³-hybridized carbons (Fsp3) is 0.923. The molecule has 1 aliphatic heterocycles. The van der Waals surface area contributed by atoms with E-state index < -0.39 is 0 Å². The molecule has 0 spiro atoms. The zero-order chi connectivity index (χ0) is 12.9. The molecule has 2 aliphatic carbocycles. The largest absolute Gasteiger partial charge is 0.337 e. The summed E-state index contributed by atoms with van der Waals surface area (Å²) in [6, 6.07) is 0.290. The van der Waals surface area contributed by atoms with E-state index in [0.717, 1.165) is 12.8 Å². The molecule has 0 radical (unpaired) electrons. The molecular weight excluding hydrogens is 230 g/mol. The van der Waals surface area contributed by atoms with Crippen LogP contribution < -0.4 is 11.6 Å². The maximum atomic E-state index is 12.7. The Morgan fingerprint density at radius 1 is 1.28 bits per heavy atom. The van der Waals surface area contributed by atoms with Gasteiger partial charge in [0, 0.05) is 18.6 Å². The lowest BCUT2D eigenvalue weighted by Gasteiger charge is -2.32. The van der Waals surface area contributed by atoms with Gasteiger partial charge in [-0.1, -0.05) is 0 Å². The molecule has 18 heavy (non-hydrogen) atoms. The highest BCUT2D eigenvalue weighted by Crippen LogP contribution is 2.48. The molecule has 1 saturated heterocycles. The third kappa shape index (κ3) is 1.76. The van der Waals surface area contributed by atoms with Crippen molar-refractivity contribution < 1.29 is 9.63 Å². The summed E-state index contributed by atoms with van der Waals surface area (Å²) >= 11 is 0. The van der Waals surface area contributed by atoms with Gasteiger partial charge in [-0.2, -0.15) is 0 Å². The van der Waals surface area contributed by atoms with E-state index in [0.29, 0.717) is 18.4 Å². The first kappa shape index (κ1) is 12.4. The number of fused-ring (bicyclic) bond motifs is 2. The zero-order valence-corrected chi connectivity index (χ0v) is 10.9. The molecule has 3 fully saturated rings. The number of rotatable bonds is 2. The summed E-state index contributed by atoms with van der Waals surface area (Å²) in [5.41, 5.74) is 6.24. The molecule has 5 heteroatoms. The number of carbonyl (C=O) groups is 1. The lowest BCUT2D eigenvalue weighted by Crippen LogP contribution is -2.48. The minimum atomic E-state index is -0.0150. The lowest BCUT2D eigenvalue weighted by atomic mass is 9.84.